The van der Waals surface area contributed by atoms with Crippen molar-refractivity contribution in [2.24, 2.45) is 0 Å². The molecule has 1 fully saturated rings. The Morgan fingerprint density at radius 3 is 2.37 bits per heavy atom. The van der Waals surface area contributed by atoms with Gasteiger partial charge in [-0.1, -0.05) is 29.8 Å². The minimum atomic E-state index is -3.89. The number of para-hydroxylation sites is 1. The number of carbonyl (C=O) groups is 1. The fourth-order valence-electron chi connectivity index (χ4n) is 3.22. The van der Waals surface area contributed by atoms with Crippen LogP contribution in [0.1, 0.15) is 12.8 Å². The molecule has 1 aliphatic heterocycles. The van der Waals surface area contributed by atoms with Gasteiger partial charge in [0, 0.05) is 23.7 Å². The Morgan fingerprint density at radius 2 is 1.70 bits per heavy atom. The van der Waals surface area contributed by atoms with Gasteiger partial charge in [-0.05, 0) is 61.0 Å². The van der Waals surface area contributed by atoms with Gasteiger partial charge in [0.2, 0.25) is 5.91 Å². The largest absolute Gasteiger partial charge is 0.455 e. The number of sulfonamides is 1. The van der Waals surface area contributed by atoms with Crippen LogP contribution >= 0.6 is 11.6 Å². The first-order valence-electron chi connectivity index (χ1n) is 9.38. The molecule has 8 heteroatoms. The average Bonchev–Trinajstić information content (AvgIpc) is 3.16. The molecule has 1 saturated heterocycles. The van der Waals surface area contributed by atoms with E-state index in [0.717, 1.165) is 6.42 Å². The lowest BCUT2D eigenvalue weighted by atomic mass is 10.3. The molecule has 0 spiro atoms. The number of halogens is 1. The Balaban J connectivity index is 1.58. The third-order valence-corrected chi connectivity index (χ3v) is 6.31. The van der Waals surface area contributed by atoms with Crippen LogP contribution in [-0.2, 0) is 14.8 Å². The quantitative estimate of drug-likeness (QED) is 0.579. The van der Waals surface area contributed by atoms with E-state index in [9.17, 15) is 13.2 Å². The Hall–Kier alpha value is -3.03. The second kappa shape index (κ2) is 8.38. The van der Waals surface area contributed by atoms with Crippen LogP contribution in [0.5, 0.6) is 11.5 Å². The van der Waals surface area contributed by atoms with E-state index in [1.165, 1.54) is 18.2 Å². The molecule has 0 radical (unpaired) electrons. The van der Waals surface area contributed by atoms with Crippen LogP contribution in [0.4, 0.5) is 11.4 Å². The second-order valence-corrected chi connectivity index (χ2v) is 8.92. The van der Waals surface area contributed by atoms with E-state index < -0.39 is 10.0 Å². The smallest absolute Gasteiger partial charge is 0.262 e. The highest BCUT2D eigenvalue weighted by Crippen LogP contribution is 2.34. The highest BCUT2D eigenvalue weighted by Gasteiger charge is 2.23. The molecule has 0 unspecified atom stereocenters. The maximum atomic E-state index is 12.9. The first kappa shape index (κ1) is 20.3. The summed E-state index contributed by atoms with van der Waals surface area (Å²) < 4.78 is 34.2. The summed E-state index contributed by atoms with van der Waals surface area (Å²) in [4.78, 5) is 13.6. The van der Waals surface area contributed by atoms with Crippen LogP contribution in [0.2, 0.25) is 5.02 Å². The number of nitrogens with one attached hydrogen (secondary N) is 1. The predicted octanol–water partition coefficient (Wildman–Crippen LogP) is 5.06. The maximum Gasteiger partial charge on any atom is 0.262 e. The van der Waals surface area contributed by atoms with Crippen molar-refractivity contribution in [2.45, 2.75) is 17.7 Å². The minimum Gasteiger partial charge on any atom is -0.455 e. The molecule has 4 rings (SSSR count). The van der Waals surface area contributed by atoms with Gasteiger partial charge in [0.25, 0.3) is 10.0 Å². The first-order chi connectivity index (χ1) is 14.4. The zero-order valence-corrected chi connectivity index (χ0v) is 17.5. The molecule has 6 nitrogen and oxygen atoms in total. The fraction of sp³-hybridized carbons (Fsp3) is 0.136. The van der Waals surface area contributed by atoms with Crippen molar-refractivity contribution in [1.29, 1.82) is 0 Å². The van der Waals surface area contributed by atoms with Gasteiger partial charge in [0.1, 0.15) is 5.75 Å². The summed E-state index contributed by atoms with van der Waals surface area (Å²) in [6, 6.07) is 20.0. The molecule has 1 N–H and O–H groups in total. The number of rotatable bonds is 6. The number of anilines is 2. The third kappa shape index (κ3) is 4.42. The molecule has 1 amide bonds. The van der Waals surface area contributed by atoms with Crippen LogP contribution in [0, 0.1) is 0 Å². The summed E-state index contributed by atoms with van der Waals surface area (Å²) in [5, 5.41) is 0.371. The van der Waals surface area contributed by atoms with E-state index in [1.807, 2.05) is 18.2 Å². The molecular weight excluding hydrogens is 424 g/mol. The summed E-state index contributed by atoms with van der Waals surface area (Å²) in [6.45, 7) is 0.645. The van der Waals surface area contributed by atoms with Crippen molar-refractivity contribution in [3.63, 3.8) is 0 Å². The highest BCUT2D eigenvalue weighted by atomic mass is 35.5. The topological polar surface area (TPSA) is 75.7 Å². The molecule has 0 bridgehead atoms. The van der Waals surface area contributed by atoms with Gasteiger partial charge in [0.05, 0.1) is 10.6 Å². The zero-order chi connectivity index (χ0) is 21.1. The van der Waals surface area contributed by atoms with Crippen LogP contribution < -0.4 is 14.4 Å². The minimum absolute atomic E-state index is 0.0466. The lowest BCUT2D eigenvalue weighted by molar-refractivity contribution is -0.117. The third-order valence-electron chi connectivity index (χ3n) is 4.69. The van der Waals surface area contributed by atoms with E-state index >= 15 is 0 Å². The Kier molecular flexibility index (Phi) is 5.65. The van der Waals surface area contributed by atoms with E-state index in [4.69, 9.17) is 16.3 Å². The van der Waals surface area contributed by atoms with Crippen molar-refractivity contribution in [3.05, 3.63) is 77.8 Å². The molecule has 0 saturated carbocycles. The molecule has 1 aliphatic rings. The molecule has 30 heavy (non-hydrogen) atoms. The number of hydrogen-bond acceptors (Lipinski definition) is 4. The predicted molar refractivity (Wildman–Crippen MR) is 117 cm³/mol. The van der Waals surface area contributed by atoms with Gasteiger partial charge >= 0.3 is 0 Å². The molecular formula is C22H19ClN2O4S. The summed E-state index contributed by atoms with van der Waals surface area (Å²) in [7, 11) is -3.89. The second-order valence-electron chi connectivity index (χ2n) is 6.80. The van der Waals surface area contributed by atoms with Gasteiger partial charge in [-0.2, -0.15) is 0 Å². The lowest BCUT2D eigenvalue weighted by Gasteiger charge is -2.17. The molecule has 0 aliphatic carbocycles. The summed E-state index contributed by atoms with van der Waals surface area (Å²) in [5.74, 6) is 0.943. The molecule has 1 heterocycles. The van der Waals surface area contributed by atoms with Crippen molar-refractivity contribution < 1.29 is 17.9 Å². The standard InChI is InChI=1S/C22H19ClN2O4S/c23-16-8-13-21(29-18-5-2-1-3-6-18)20(15-16)24-30(27,28)19-11-9-17(10-12-19)25-14-4-7-22(25)26/h1-3,5-6,8-13,15,24H,4,7,14H2. The van der Waals surface area contributed by atoms with Crippen molar-refractivity contribution in [2.75, 3.05) is 16.2 Å². The number of nitrogens with zero attached hydrogens (tertiary/aromatic N) is 1. The van der Waals surface area contributed by atoms with Gasteiger partial charge in [-0.25, -0.2) is 8.42 Å². The Labute approximate surface area is 180 Å². The van der Waals surface area contributed by atoms with Gasteiger partial charge < -0.3 is 9.64 Å². The van der Waals surface area contributed by atoms with Crippen LogP contribution in [0.3, 0.4) is 0 Å². The number of benzene rings is 3. The summed E-state index contributed by atoms with van der Waals surface area (Å²) in [5.41, 5.74) is 0.914. The van der Waals surface area contributed by atoms with Crippen molar-refractivity contribution in [3.8, 4) is 11.5 Å². The van der Waals surface area contributed by atoms with E-state index in [0.29, 0.717) is 35.2 Å². The van der Waals surface area contributed by atoms with E-state index in [2.05, 4.69) is 4.72 Å². The summed E-state index contributed by atoms with van der Waals surface area (Å²) in [6.07, 6.45) is 1.32. The SMILES string of the molecule is O=C1CCCN1c1ccc(S(=O)(=O)Nc2cc(Cl)ccc2Oc2ccccc2)cc1. The molecule has 3 aromatic rings. The van der Waals surface area contributed by atoms with Crippen LogP contribution in [0.15, 0.2) is 77.7 Å². The van der Waals surface area contributed by atoms with Crippen molar-refractivity contribution >= 4 is 38.9 Å². The number of ether oxygens (including phenoxy) is 1. The number of carbonyl (C=O) groups excluding carboxylic acids is 1. The van der Waals surface area contributed by atoms with Gasteiger partial charge in [-0.15, -0.1) is 0 Å². The van der Waals surface area contributed by atoms with Gasteiger partial charge in [0.15, 0.2) is 5.75 Å². The van der Waals surface area contributed by atoms with Gasteiger partial charge in [-0.3, -0.25) is 9.52 Å². The van der Waals surface area contributed by atoms with Crippen LogP contribution in [-0.4, -0.2) is 20.9 Å². The Morgan fingerprint density at radius 1 is 0.967 bits per heavy atom. The zero-order valence-electron chi connectivity index (χ0n) is 15.9. The molecule has 3 aromatic carbocycles. The maximum absolute atomic E-state index is 12.9. The average molecular weight is 443 g/mol. The monoisotopic (exact) mass is 442 g/mol. The molecule has 154 valence electrons. The van der Waals surface area contributed by atoms with Crippen LogP contribution in [0.25, 0.3) is 0 Å². The van der Waals surface area contributed by atoms with E-state index in [-0.39, 0.29) is 16.5 Å². The summed E-state index contributed by atoms with van der Waals surface area (Å²) >= 11 is 6.07. The molecule has 0 atom stereocenters. The Bertz CT molecular complexity index is 1170. The lowest BCUT2D eigenvalue weighted by Crippen LogP contribution is -2.23. The van der Waals surface area contributed by atoms with E-state index in [1.54, 1.807) is 41.3 Å². The highest BCUT2D eigenvalue weighted by molar-refractivity contribution is 7.92. The first-order valence-corrected chi connectivity index (χ1v) is 11.2. The number of amides is 1. The molecule has 0 aromatic heterocycles. The number of hydrogen-bond donors (Lipinski definition) is 1. The fourth-order valence-corrected chi connectivity index (χ4v) is 4.45. The normalized spacial score (nSPS) is 14.0. The van der Waals surface area contributed by atoms with Crippen molar-refractivity contribution in [1.82, 2.24) is 0 Å².